The molecule has 1 aromatic carbocycles. The van der Waals surface area contributed by atoms with E-state index in [4.69, 9.17) is 5.11 Å². The van der Waals surface area contributed by atoms with Crippen LogP contribution in [-0.4, -0.2) is 11.1 Å². The summed E-state index contributed by atoms with van der Waals surface area (Å²) in [5.41, 5.74) is 1.55. The lowest BCUT2D eigenvalue weighted by Crippen LogP contribution is -2.18. The fourth-order valence-corrected chi connectivity index (χ4v) is 2.59. The first-order valence-electron chi connectivity index (χ1n) is 6.91. The van der Waals surface area contributed by atoms with Crippen molar-refractivity contribution in [3.63, 3.8) is 0 Å². The van der Waals surface area contributed by atoms with Crippen LogP contribution in [0, 0.1) is 17.3 Å². The molecule has 1 aliphatic rings. The fraction of sp³-hybridized carbons (Fsp3) is 0.471. The smallest absolute Gasteiger partial charge is 0.335 e. The Morgan fingerprint density at radius 3 is 2.68 bits per heavy atom. The van der Waals surface area contributed by atoms with Crippen LogP contribution in [0.4, 0.5) is 0 Å². The zero-order chi connectivity index (χ0) is 13.7. The van der Waals surface area contributed by atoms with Gasteiger partial charge in [-0.05, 0) is 43.9 Å². The second-order valence-electron chi connectivity index (χ2n) is 5.60. The van der Waals surface area contributed by atoms with E-state index < -0.39 is 5.97 Å². The molecule has 0 radical (unpaired) electrons. The fourth-order valence-electron chi connectivity index (χ4n) is 2.59. The van der Waals surface area contributed by atoms with E-state index in [9.17, 15) is 4.79 Å². The molecule has 0 aliphatic heterocycles. The van der Waals surface area contributed by atoms with Gasteiger partial charge in [0.05, 0.1) is 5.56 Å². The predicted molar refractivity (Wildman–Crippen MR) is 76.1 cm³/mol. The molecule has 1 unspecified atom stereocenters. The van der Waals surface area contributed by atoms with E-state index >= 15 is 0 Å². The molecule has 0 fully saturated rings. The van der Waals surface area contributed by atoms with Crippen molar-refractivity contribution in [2.75, 3.05) is 0 Å². The maximum Gasteiger partial charge on any atom is 0.335 e. The second-order valence-corrected chi connectivity index (χ2v) is 5.60. The SMILES string of the molecule is CC1(Cc2ccc(C(=O)O)cc2)C#CCCCCC1. The summed E-state index contributed by atoms with van der Waals surface area (Å²) in [7, 11) is 0. The Kier molecular flexibility index (Phi) is 4.27. The van der Waals surface area contributed by atoms with E-state index in [1.165, 1.54) is 24.8 Å². The summed E-state index contributed by atoms with van der Waals surface area (Å²) < 4.78 is 0. The third-order valence-corrected chi connectivity index (χ3v) is 3.72. The minimum Gasteiger partial charge on any atom is -0.478 e. The van der Waals surface area contributed by atoms with Gasteiger partial charge in [-0.3, -0.25) is 0 Å². The van der Waals surface area contributed by atoms with Crippen molar-refractivity contribution < 1.29 is 9.90 Å². The zero-order valence-electron chi connectivity index (χ0n) is 11.4. The lowest BCUT2D eigenvalue weighted by Gasteiger charge is -2.25. The molecule has 0 amide bonds. The van der Waals surface area contributed by atoms with Gasteiger partial charge in [0.25, 0.3) is 0 Å². The molecule has 2 rings (SSSR count). The highest BCUT2D eigenvalue weighted by atomic mass is 16.4. The number of carboxylic acids is 1. The number of rotatable bonds is 3. The molecule has 0 spiro atoms. The summed E-state index contributed by atoms with van der Waals surface area (Å²) in [6.07, 6.45) is 6.76. The lowest BCUT2D eigenvalue weighted by atomic mass is 9.78. The van der Waals surface area contributed by atoms with Crippen LogP contribution < -0.4 is 0 Å². The van der Waals surface area contributed by atoms with Crippen molar-refractivity contribution in [1.82, 2.24) is 0 Å². The Bertz CT molecular complexity index is 504. The van der Waals surface area contributed by atoms with Gasteiger partial charge < -0.3 is 5.11 Å². The predicted octanol–water partition coefficient (Wildman–Crippen LogP) is 3.90. The average molecular weight is 256 g/mol. The van der Waals surface area contributed by atoms with Gasteiger partial charge in [-0.25, -0.2) is 4.79 Å². The minimum atomic E-state index is -0.872. The van der Waals surface area contributed by atoms with Gasteiger partial charge in [-0.2, -0.15) is 0 Å². The number of aromatic carboxylic acids is 1. The minimum absolute atomic E-state index is 0.0329. The molecule has 1 N–H and O–H groups in total. The molecular weight excluding hydrogens is 236 g/mol. The zero-order valence-corrected chi connectivity index (χ0v) is 11.4. The first-order chi connectivity index (χ1) is 9.09. The first-order valence-corrected chi connectivity index (χ1v) is 6.91. The van der Waals surface area contributed by atoms with E-state index in [0.717, 1.165) is 19.3 Å². The summed E-state index contributed by atoms with van der Waals surface area (Å²) in [5, 5.41) is 8.89. The monoisotopic (exact) mass is 256 g/mol. The molecule has 100 valence electrons. The highest BCUT2D eigenvalue weighted by Crippen LogP contribution is 2.30. The van der Waals surface area contributed by atoms with Crippen LogP contribution in [0.25, 0.3) is 0 Å². The number of carboxylic acid groups (broad SMARTS) is 1. The molecule has 2 heteroatoms. The van der Waals surface area contributed by atoms with Gasteiger partial charge in [0, 0.05) is 11.8 Å². The number of benzene rings is 1. The largest absolute Gasteiger partial charge is 0.478 e. The molecule has 1 aromatic rings. The highest BCUT2D eigenvalue weighted by Gasteiger charge is 2.22. The molecule has 0 saturated heterocycles. The van der Waals surface area contributed by atoms with Crippen LogP contribution in [0.5, 0.6) is 0 Å². The van der Waals surface area contributed by atoms with Gasteiger partial charge in [0.2, 0.25) is 0 Å². The molecule has 2 nitrogen and oxygen atoms in total. The van der Waals surface area contributed by atoms with Crippen LogP contribution in [0.15, 0.2) is 24.3 Å². The molecule has 1 aliphatic carbocycles. The number of hydrogen-bond donors (Lipinski definition) is 1. The summed E-state index contributed by atoms with van der Waals surface area (Å²) in [4.78, 5) is 10.8. The summed E-state index contributed by atoms with van der Waals surface area (Å²) in [6, 6.07) is 7.18. The lowest BCUT2D eigenvalue weighted by molar-refractivity contribution is 0.0697. The van der Waals surface area contributed by atoms with E-state index in [1.54, 1.807) is 12.1 Å². The number of hydrogen-bond acceptors (Lipinski definition) is 1. The third kappa shape index (κ3) is 3.86. The van der Waals surface area contributed by atoms with Crippen molar-refractivity contribution in [3.05, 3.63) is 35.4 Å². The standard InChI is InChI=1S/C17H20O2/c1-17(11-5-3-2-4-6-12-17)13-14-7-9-15(10-8-14)16(18)19/h7-10H,2-5,11,13H2,1H3,(H,18,19). The van der Waals surface area contributed by atoms with Crippen molar-refractivity contribution in [3.8, 4) is 11.8 Å². The van der Waals surface area contributed by atoms with Gasteiger partial charge in [0.15, 0.2) is 0 Å². The summed E-state index contributed by atoms with van der Waals surface area (Å²) >= 11 is 0. The molecule has 0 saturated carbocycles. The molecule has 19 heavy (non-hydrogen) atoms. The van der Waals surface area contributed by atoms with Crippen molar-refractivity contribution in [2.45, 2.75) is 45.4 Å². The van der Waals surface area contributed by atoms with Gasteiger partial charge in [-0.15, -0.1) is 5.92 Å². The number of carbonyl (C=O) groups is 1. The van der Waals surface area contributed by atoms with Crippen LogP contribution >= 0.6 is 0 Å². The Morgan fingerprint density at radius 2 is 2.00 bits per heavy atom. The third-order valence-electron chi connectivity index (χ3n) is 3.72. The molecule has 1 atom stereocenters. The van der Waals surface area contributed by atoms with Crippen molar-refractivity contribution >= 4 is 5.97 Å². The van der Waals surface area contributed by atoms with Crippen LogP contribution in [0.1, 0.15) is 54.9 Å². The van der Waals surface area contributed by atoms with Crippen LogP contribution in [-0.2, 0) is 6.42 Å². The van der Waals surface area contributed by atoms with E-state index in [0.29, 0.717) is 5.56 Å². The maximum atomic E-state index is 10.8. The summed E-state index contributed by atoms with van der Waals surface area (Å²) in [5.74, 6) is 5.83. The van der Waals surface area contributed by atoms with Crippen LogP contribution in [0.3, 0.4) is 0 Å². The van der Waals surface area contributed by atoms with E-state index in [1.807, 2.05) is 12.1 Å². The Morgan fingerprint density at radius 1 is 1.26 bits per heavy atom. The molecule has 0 aromatic heterocycles. The van der Waals surface area contributed by atoms with Crippen molar-refractivity contribution in [2.24, 2.45) is 5.41 Å². The topological polar surface area (TPSA) is 37.3 Å². The molecular formula is C17H20O2. The van der Waals surface area contributed by atoms with Gasteiger partial charge >= 0.3 is 5.97 Å². The Balaban J connectivity index is 2.12. The van der Waals surface area contributed by atoms with Gasteiger partial charge in [-0.1, -0.05) is 30.9 Å². The van der Waals surface area contributed by atoms with E-state index in [2.05, 4.69) is 18.8 Å². The highest BCUT2D eigenvalue weighted by molar-refractivity contribution is 5.87. The first kappa shape index (κ1) is 13.7. The molecule has 0 heterocycles. The quantitative estimate of drug-likeness (QED) is 0.833. The normalized spacial score (nSPS) is 22.8. The maximum absolute atomic E-state index is 10.8. The Hall–Kier alpha value is -1.75. The Labute approximate surface area is 114 Å². The van der Waals surface area contributed by atoms with Gasteiger partial charge in [0.1, 0.15) is 0 Å². The summed E-state index contributed by atoms with van der Waals surface area (Å²) in [6.45, 7) is 2.22. The average Bonchev–Trinajstić information content (AvgIpc) is 2.35. The van der Waals surface area contributed by atoms with Crippen molar-refractivity contribution in [1.29, 1.82) is 0 Å². The van der Waals surface area contributed by atoms with E-state index in [-0.39, 0.29) is 5.41 Å². The molecule has 0 bridgehead atoms. The second kappa shape index (κ2) is 5.93. The van der Waals surface area contributed by atoms with Crippen LogP contribution in [0.2, 0.25) is 0 Å².